The molecule has 0 amide bonds. The molecule has 5 nitrogen and oxygen atoms in total. The topological polar surface area (TPSA) is 61.7 Å². The monoisotopic (exact) mass is 289 g/mol. The molecule has 0 atom stereocenters. The van der Waals surface area contributed by atoms with Crippen LogP contribution >= 0.6 is 0 Å². The number of aryl methyl sites for hydroxylation is 1. The number of rotatable bonds is 2. The second-order valence-electron chi connectivity index (χ2n) is 7.51. The third-order valence-corrected chi connectivity index (χ3v) is 3.49. The van der Waals surface area contributed by atoms with Gasteiger partial charge in [0, 0.05) is 29.3 Å². The van der Waals surface area contributed by atoms with E-state index in [0.29, 0.717) is 5.82 Å². The van der Waals surface area contributed by atoms with Gasteiger partial charge in [0.25, 0.3) is 0 Å². The summed E-state index contributed by atoms with van der Waals surface area (Å²) in [6.45, 7) is 15.8. The van der Waals surface area contributed by atoms with Gasteiger partial charge in [-0.05, 0) is 27.7 Å². The van der Waals surface area contributed by atoms with E-state index in [4.69, 9.17) is 10.7 Å². The molecule has 0 fully saturated rings. The number of hydrogen-bond acceptors (Lipinski definition) is 3. The van der Waals surface area contributed by atoms with E-state index < -0.39 is 0 Å². The first-order valence-corrected chi connectivity index (χ1v) is 7.47. The van der Waals surface area contributed by atoms with E-state index >= 15 is 0 Å². The largest absolute Gasteiger partial charge is 0.383 e. The first-order chi connectivity index (χ1) is 9.55. The van der Waals surface area contributed by atoms with Crippen molar-refractivity contribution >= 4 is 5.82 Å². The second kappa shape index (κ2) is 4.90. The van der Waals surface area contributed by atoms with Gasteiger partial charge >= 0.3 is 0 Å². The fourth-order valence-electron chi connectivity index (χ4n) is 2.49. The molecule has 0 aliphatic heterocycles. The van der Waals surface area contributed by atoms with Gasteiger partial charge in [-0.15, -0.1) is 0 Å². The van der Waals surface area contributed by atoms with Crippen LogP contribution in [0, 0.1) is 0 Å². The van der Waals surface area contributed by atoms with Gasteiger partial charge in [0.15, 0.2) is 0 Å². The summed E-state index contributed by atoms with van der Waals surface area (Å²) in [6, 6.07) is 0. The Kier molecular flexibility index (Phi) is 3.64. The maximum atomic E-state index is 6.43. The predicted molar refractivity (Wildman–Crippen MR) is 87.2 cm³/mol. The lowest BCUT2D eigenvalue weighted by Gasteiger charge is -2.29. The van der Waals surface area contributed by atoms with Crippen LogP contribution in [0.3, 0.4) is 0 Å². The Morgan fingerprint density at radius 3 is 2.14 bits per heavy atom. The molecule has 0 aromatic carbocycles. The summed E-state index contributed by atoms with van der Waals surface area (Å²) in [5.41, 5.74) is 8.05. The highest BCUT2D eigenvalue weighted by molar-refractivity contribution is 5.70. The number of hydrogen-bond donors (Lipinski definition) is 1. The fraction of sp³-hybridized carbons (Fsp3) is 0.625. The van der Waals surface area contributed by atoms with E-state index in [2.05, 4.69) is 58.1 Å². The number of nitrogens with zero attached hydrogens (tertiary/aromatic N) is 4. The molecular weight excluding hydrogens is 262 g/mol. The highest BCUT2D eigenvalue weighted by Crippen LogP contribution is 2.35. The molecule has 116 valence electrons. The molecule has 0 unspecified atom stereocenters. The van der Waals surface area contributed by atoms with Gasteiger partial charge in [-0.3, -0.25) is 4.68 Å². The summed E-state index contributed by atoms with van der Waals surface area (Å²) in [5.74, 6) is 1.72. The van der Waals surface area contributed by atoms with E-state index in [1.165, 1.54) is 0 Å². The number of nitrogens with two attached hydrogens (primary N) is 1. The second-order valence-corrected chi connectivity index (χ2v) is 7.51. The zero-order chi connectivity index (χ0) is 16.0. The van der Waals surface area contributed by atoms with E-state index in [-0.39, 0.29) is 11.0 Å². The summed E-state index contributed by atoms with van der Waals surface area (Å²) in [5, 5.41) is 4.33. The molecule has 2 aromatic heterocycles. The molecule has 2 aromatic rings. The van der Waals surface area contributed by atoms with Crippen LogP contribution in [-0.4, -0.2) is 19.3 Å². The average Bonchev–Trinajstić information content (AvgIpc) is 2.90. The lowest BCUT2D eigenvalue weighted by Crippen LogP contribution is -2.30. The van der Waals surface area contributed by atoms with Crippen LogP contribution in [0.15, 0.2) is 12.4 Å². The Bertz CT molecular complexity index is 635. The van der Waals surface area contributed by atoms with Gasteiger partial charge in [-0.1, -0.05) is 20.8 Å². The maximum absolute atomic E-state index is 6.43. The van der Waals surface area contributed by atoms with Crippen LogP contribution in [0.25, 0.3) is 11.3 Å². The minimum Gasteiger partial charge on any atom is -0.383 e. The molecule has 2 rings (SSSR count). The van der Waals surface area contributed by atoms with Crippen molar-refractivity contribution < 1.29 is 0 Å². The molecule has 0 aliphatic carbocycles. The van der Waals surface area contributed by atoms with Crippen molar-refractivity contribution in [2.24, 2.45) is 0 Å². The summed E-state index contributed by atoms with van der Waals surface area (Å²) in [7, 11) is 0. The van der Waals surface area contributed by atoms with Crippen LogP contribution < -0.4 is 5.73 Å². The molecule has 2 N–H and O–H groups in total. The Morgan fingerprint density at radius 2 is 1.76 bits per heavy atom. The van der Waals surface area contributed by atoms with E-state index in [1.54, 1.807) is 0 Å². The first kappa shape index (κ1) is 15.6. The van der Waals surface area contributed by atoms with Crippen molar-refractivity contribution in [1.29, 1.82) is 0 Å². The predicted octanol–water partition coefficient (Wildman–Crippen LogP) is 3.40. The van der Waals surface area contributed by atoms with Crippen molar-refractivity contribution in [2.45, 2.75) is 66.0 Å². The third-order valence-electron chi connectivity index (χ3n) is 3.49. The molecule has 0 saturated carbocycles. The van der Waals surface area contributed by atoms with Crippen LogP contribution in [-0.2, 0) is 17.5 Å². The summed E-state index contributed by atoms with van der Waals surface area (Å²) >= 11 is 0. The Hall–Kier alpha value is -1.78. The summed E-state index contributed by atoms with van der Waals surface area (Å²) < 4.78 is 4.03. The number of imidazole rings is 1. The van der Waals surface area contributed by atoms with Crippen LogP contribution in [0.1, 0.15) is 54.3 Å². The van der Waals surface area contributed by atoms with Crippen molar-refractivity contribution in [1.82, 2.24) is 19.3 Å². The van der Waals surface area contributed by atoms with E-state index in [9.17, 15) is 0 Å². The van der Waals surface area contributed by atoms with Gasteiger partial charge in [-0.25, -0.2) is 4.98 Å². The van der Waals surface area contributed by atoms with Gasteiger partial charge in [0.2, 0.25) is 0 Å². The fourth-order valence-corrected chi connectivity index (χ4v) is 2.49. The number of anilines is 1. The SMILES string of the molecule is CCn1cc(-c2nc(C(C)(C)C)n(C(C)(C)C)c2N)cn1. The van der Waals surface area contributed by atoms with Gasteiger partial charge in [-0.2, -0.15) is 5.10 Å². The quantitative estimate of drug-likeness (QED) is 0.921. The Balaban J connectivity index is 2.67. The van der Waals surface area contributed by atoms with Crippen molar-refractivity contribution in [3.63, 3.8) is 0 Å². The Labute approximate surface area is 127 Å². The van der Waals surface area contributed by atoms with E-state index in [0.717, 1.165) is 23.6 Å². The van der Waals surface area contributed by atoms with Gasteiger partial charge in [0.1, 0.15) is 17.3 Å². The van der Waals surface area contributed by atoms with Gasteiger partial charge < -0.3 is 10.3 Å². The molecule has 5 heteroatoms. The van der Waals surface area contributed by atoms with Gasteiger partial charge in [0.05, 0.1) is 6.20 Å². The lowest BCUT2D eigenvalue weighted by atomic mass is 9.94. The Morgan fingerprint density at radius 1 is 1.14 bits per heavy atom. The molecule has 0 spiro atoms. The van der Waals surface area contributed by atoms with E-state index in [1.807, 2.05) is 17.1 Å². The van der Waals surface area contributed by atoms with Crippen molar-refractivity contribution in [3.05, 3.63) is 18.2 Å². The van der Waals surface area contributed by atoms with Crippen LogP contribution in [0.4, 0.5) is 5.82 Å². The molecule has 2 heterocycles. The van der Waals surface area contributed by atoms with Crippen LogP contribution in [0.5, 0.6) is 0 Å². The maximum Gasteiger partial charge on any atom is 0.132 e. The lowest BCUT2D eigenvalue weighted by molar-refractivity contribution is 0.359. The normalized spacial score (nSPS) is 12.9. The highest BCUT2D eigenvalue weighted by atomic mass is 15.3. The number of aromatic nitrogens is 4. The molecular formula is C16H27N5. The average molecular weight is 289 g/mol. The number of nitrogen functional groups attached to an aromatic ring is 1. The standard InChI is InChI=1S/C16H27N5/c1-8-20-10-11(9-18-20)12-13(17)21(16(5,6)7)14(19-12)15(2,3)4/h9-10H,8,17H2,1-7H3. The smallest absolute Gasteiger partial charge is 0.132 e. The zero-order valence-electron chi connectivity index (χ0n) is 14.2. The zero-order valence-corrected chi connectivity index (χ0v) is 14.2. The van der Waals surface area contributed by atoms with Crippen LogP contribution in [0.2, 0.25) is 0 Å². The molecule has 0 aliphatic rings. The minimum atomic E-state index is -0.112. The van der Waals surface area contributed by atoms with Crippen molar-refractivity contribution in [2.75, 3.05) is 5.73 Å². The molecule has 0 radical (unpaired) electrons. The first-order valence-electron chi connectivity index (χ1n) is 7.47. The molecule has 21 heavy (non-hydrogen) atoms. The molecule has 0 bridgehead atoms. The third kappa shape index (κ3) is 2.82. The summed E-state index contributed by atoms with van der Waals surface area (Å²) in [6.07, 6.45) is 3.83. The van der Waals surface area contributed by atoms with Crippen molar-refractivity contribution in [3.8, 4) is 11.3 Å². The minimum absolute atomic E-state index is 0.0690. The molecule has 0 saturated heterocycles. The summed E-state index contributed by atoms with van der Waals surface area (Å²) in [4.78, 5) is 4.85. The highest BCUT2D eigenvalue weighted by Gasteiger charge is 2.31.